The van der Waals surface area contributed by atoms with Gasteiger partial charge >= 0.3 is 0 Å². The zero-order valence-corrected chi connectivity index (χ0v) is 17.8. The van der Waals surface area contributed by atoms with Gasteiger partial charge in [0.2, 0.25) is 10.0 Å². The molecule has 6 heteroatoms. The van der Waals surface area contributed by atoms with Crippen LogP contribution < -0.4 is 5.32 Å². The first-order chi connectivity index (χ1) is 13.8. The molecule has 0 atom stereocenters. The summed E-state index contributed by atoms with van der Waals surface area (Å²) in [6.45, 7) is 5.10. The number of sulfonamides is 1. The van der Waals surface area contributed by atoms with Gasteiger partial charge in [-0.25, -0.2) is 8.42 Å². The molecule has 2 aromatic carbocycles. The van der Waals surface area contributed by atoms with Gasteiger partial charge < -0.3 is 5.32 Å². The van der Waals surface area contributed by atoms with Crippen LogP contribution in [-0.2, 0) is 23.0 Å². The number of aromatic nitrogens is 1. The van der Waals surface area contributed by atoms with Crippen LogP contribution in [0.3, 0.4) is 0 Å². The number of benzene rings is 2. The summed E-state index contributed by atoms with van der Waals surface area (Å²) in [5, 5.41) is 3.54. The van der Waals surface area contributed by atoms with E-state index in [1.54, 1.807) is 0 Å². The zero-order valence-electron chi connectivity index (χ0n) is 16.9. The highest BCUT2D eigenvalue weighted by Gasteiger charge is 2.24. The largest absolute Gasteiger partial charge is 0.355 e. The third kappa shape index (κ3) is 4.18. The second-order valence-electron chi connectivity index (χ2n) is 7.66. The number of aryl methyl sites for hydroxylation is 2. The van der Waals surface area contributed by atoms with E-state index in [0.29, 0.717) is 19.5 Å². The summed E-state index contributed by atoms with van der Waals surface area (Å²) in [5.74, 6) is 0. The Morgan fingerprint density at radius 1 is 1.07 bits per heavy atom. The highest BCUT2D eigenvalue weighted by Crippen LogP contribution is 2.32. The summed E-state index contributed by atoms with van der Waals surface area (Å²) in [4.78, 5) is 4.53. The van der Waals surface area contributed by atoms with Crippen molar-refractivity contribution in [1.29, 1.82) is 0 Å². The summed E-state index contributed by atoms with van der Waals surface area (Å²) < 4.78 is 25.3. The fourth-order valence-corrected chi connectivity index (χ4v) is 4.59. The normalized spacial score (nSPS) is 14.4. The van der Waals surface area contributed by atoms with Gasteiger partial charge in [0.05, 0.1) is 11.9 Å². The van der Waals surface area contributed by atoms with Crippen molar-refractivity contribution >= 4 is 21.4 Å². The summed E-state index contributed by atoms with van der Waals surface area (Å²) in [6.07, 6.45) is 3.81. The Morgan fingerprint density at radius 3 is 2.66 bits per heavy atom. The molecule has 5 nitrogen and oxygen atoms in total. The predicted molar refractivity (Wildman–Crippen MR) is 118 cm³/mol. The molecule has 0 spiro atoms. The lowest BCUT2D eigenvalue weighted by atomic mass is 9.98. The van der Waals surface area contributed by atoms with E-state index >= 15 is 0 Å². The monoisotopic (exact) mass is 407 g/mol. The Bertz CT molecular complexity index is 1170. The molecule has 1 aliphatic rings. The third-order valence-electron chi connectivity index (χ3n) is 5.41. The molecule has 1 aromatic heterocycles. The first kappa shape index (κ1) is 19.6. The number of pyridine rings is 1. The fourth-order valence-electron chi connectivity index (χ4n) is 3.80. The third-order valence-corrected chi connectivity index (χ3v) is 6.66. The van der Waals surface area contributed by atoms with E-state index in [4.69, 9.17) is 0 Å². The topological polar surface area (TPSA) is 62.3 Å². The molecule has 0 aliphatic carbocycles. The van der Waals surface area contributed by atoms with Gasteiger partial charge in [-0.15, -0.1) is 0 Å². The van der Waals surface area contributed by atoms with Crippen LogP contribution in [-0.4, -0.2) is 30.5 Å². The molecule has 0 radical (unpaired) electrons. The van der Waals surface area contributed by atoms with Gasteiger partial charge in [0, 0.05) is 36.2 Å². The van der Waals surface area contributed by atoms with E-state index in [1.807, 2.05) is 24.4 Å². The van der Waals surface area contributed by atoms with Crippen LogP contribution in [0.1, 0.15) is 22.3 Å². The Morgan fingerprint density at radius 2 is 1.90 bits per heavy atom. The van der Waals surface area contributed by atoms with Crippen LogP contribution in [0, 0.1) is 13.8 Å². The van der Waals surface area contributed by atoms with Gasteiger partial charge in [-0.3, -0.25) is 4.98 Å². The Labute approximate surface area is 172 Å². The minimum Gasteiger partial charge on any atom is -0.355 e. The maximum Gasteiger partial charge on any atom is 0.211 e. The van der Waals surface area contributed by atoms with Crippen molar-refractivity contribution in [3.05, 3.63) is 77.0 Å². The number of rotatable bonds is 4. The van der Waals surface area contributed by atoms with Crippen LogP contribution in [0.25, 0.3) is 11.3 Å². The van der Waals surface area contributed by atoms with E-state index in [9.17, 15) is 8.42 Å². The SMILES string of the molecule is Cc1ccnc(-c2cc(Nc3cccc4c3CCN(S(C)(=O)=O)C4)ccc2C)c1. The molecule has 0 fully saturated rings. The number of fused-ring (bicyclic) bond motifs is 1. The lowest BCUT2D eigenvalue weighted by molar-refractivity contribution is 0.395. The van der Waals surface area contributed by atoms with Crippen molar-refractivity contribution < 1.29 is 8.42 Å². The molecule has 1 aliphatic heterocycles. The summed E-state index contributed by atoms with van der Waals surface area (Å²) in [5.41, 5.74) is 8.68. The molecular weight excluding hydrogens is 382 g/mol. The highest BCUT2D eigenvalue weighted by molar-refractivity contribution is 7.88. The average molecular weight is 408 g/mol. The molecule has 29 heavy (non-hydrogen) atoms. The van der Waals surface area contributed by atoms with E-state index in [2.05, 4.69) is 54.5 Å². The second kappa shape index (κ2) is 7.61. The van der Waals surface area contributed by atoms with Gasteiger partial charge in [-0.2, -0.15) is 4.31 Å². The number of hydrogen-bond acceptors (Lipinski definition) is 4. The molecule has 0 saturated carbocycles. The van der Waals surface area contributed by atoms with Gasteiger partial charge in [0.15, 0.2) is 0 Å². The first-order valence-electron chi connectivity index (χ1n) is 9.68. The molecule has 2 heterocycles. The molecule has 1 N–H and O–H groups in total. The van der Waals surface area contributed by atoms with E-state index < -0.39 is 10.0 Å². The van der Waals surface area contributed by atoms with E-state index in [0.717, 1.165) is 28.2 Å². The van der Waals surface area contributed by atoms with Gasteiger partial charge in [-0.1, -0.05) is 18.2 Å². The number of nitrogens with zero attached hydrogens (tertiary/aromatic N) is 2. The molecular formula is C23H25N3O2S. The second-order valence-corrected chi connectivity index (χ2v) is 9.65. The van der Waals surface area contributed by atoms with Crippen LogP contribution in [0.15, 0.2) is 54.7 Å². The molecule has 0 saturated heterocycles. The van der Waals surface area contributed by atoms with Crippen molar-refractivity contribution in [3.63, 3.8) is 0 Å². The van der Waals surface area contributed by atoms with Crippen molar-refractivity contribution in [3.8, 4) is 11.3 Å². The standard InChI is InChI=1S/C23H25N3O2S/c1-16-9-11-24-23(13-16)21-14-19(8-7-17(21)2)25-22-6-4-5-18-15-26(29(3,27)28)12-10-20(18)22/h4-9,11,13-14,25H,10,12,15H2,1-3H3. The zero-order chi connectivity index (χ0) is 20.6. The number of hydrogen-bond donors (Lipinski definition) is 1. The van der Waals surface area contributed by atoms with Crippen LogP contribution in [0.2, 0.25) is 0 Å². The average Bonchev–Trinajstić information content (AvgIpc) is 2.68. The predicted octanol–water partition coefficient (Wildman–Crippen LogP) is 4.43. The highest BCUT2D eigenvalue weighted by atomic mass is 32.2. The Hall–Kier alpha value is -2.70. The number of nitrogens with one attached hydrogen (secondary N) is 1. The molecule has 0 amide bonds. The quantitative estimate of drug-likeness (QED) is 0.695. The minimum absolute atomic E-state index is 0.427. The molecule has 3 aromatic rings. The van der Waals surface area contributed by atoms with Crippen LogP contribution in [0.5, 0.6) is 0 Å². The maximum absolute atomic E-state index is 11.9. The molecule has 0 unspecified atom stereocenters. The van der Waals surface area contributed by atoms with Crippen molar-refractivity contribution in [2.24, 2.45) is 0 Å². The van der Waals surface area contributed by atoms with E-state index in [-0.39, 0.29) is 0 Å². The van der Waals surface area contributed by atoms with Crippen molar-refractivity contribution in [2.45, 2.75) is 26.8 Å². The Kier molecular flexibility index (Phi) is 5.15. The lowest BCUT2D eigenvalue weighted by Gasteiger charge is -2.28. The van der Waals surface area contributed by atoms with Gasteiger partial charge in [0.1, 0.15) is 0 Å². The summed E-state index contributed by atoms with van der Waals surface area (Å²) in [6, 6.07) is 16.4. The summed E-state index contributed by atoms with van der Waals surface area (Å²) >= 11 is 0. The molecule has 4 rings (SSSR count). The van der Waals surface area contributed by atoms with E-state index in [1.165, 1.54) is 27.3 Å². The van der Waals surface area contributed by atoms with Crippen molar-refractivity contribution in [1.82, 2.24) is 9.29 Å². The lowest BCUT2D eigenvalue weighted by Crippen LogP contribution is -2.35. The van der Waals surface area contributed by atoms with Crippen molar-refractivity contribution in [2.75, 3.05) is 18.1 Å². The fraction of sp³-hybridized carbons (Fsp3) is 0.261. The maximum atomic E-state index is 11.9. The van der Waals surface area contributed by atoms with Crippen LogP contribution in [0.4, 0.5) is 11.4 Å². The molecule has 150 valence electrons. The van der Waals surface area contributed by atoms with Gasteiger partial charge in [-0.05, 0) is 72.9 Å². The minimum atomic E-state index is -3.18. The number of anilines is 2. The Balaban J connectivity index is 1.65. The first-order valence-corrected chi connectivity index (χ1v) is 11.5. The molecule has 0 bridgehead atoms. The summed E-state index contributed by atoms with van der Waals surface area (Å²) in [7, 11) is -3.18. The van der Waals surface area contributed by atoms with Gasteiger partial charge in [0.25, 0.3) is 0 Å². The smallest absolute Gasteiger partial charge is 0.211 e. The van der Waals surface area contributed by atoms with Crippen LogP contribution >= 0.6 is 0 Å².